The molecule has 0 aliphatic carbocycles. The Kier molecular flexibility index (Phi) is 12.5. The standard InChI is InChI=1S/C29H36F3N5O5/c1-2-3-4-5-6-7-8-9-16-41-25(40)23-15-12-21(17-24(23)39)34-27-35-26(33-18-20-10-13-22(38)14-11-20)36-28(37-27)42-19-29(30,31)32/h10-15,17,38-39H,2-9,16,18-19H2,1H3,(H2,33,34,35,36,37). The van der Waals surface area contributed by atoms with Crippen molar-refractivity contribution >= 4 is 23.6 Å². The number of anilines is 3. The van der Waals surface area contributed by atoms with Gasteiger partial charge in [0.25, 0.3) is 0 Å². The Morgan fingerprint density at radius 3 is 2.21 bits per heavy atom. The highest BCUT2D eigenvalue weighted by molar-refractivity contribution is 5.93. The molecule has 0 aliphatic rings. The van der Waals surface area contributed by atoms with Gasteiger partial charge in [-0.2, -0.15) is 28.1 Å². The Morgan fingerprint density at radius 1 is 0.881 bits per heavy atom. The lowest BCUT2D eigenvalue weighted by Crippen LogP contribution is -2.21. The average Bonchev–Trinajstić information content (AvgIpc) is 2.94. The van der Waals surface area contributed by atoms with Crippen molar-refractivity contribution in [2.45, 2.75) is 71.0 Å². The summed E-state index contributed by atoms with van der Waals surface area (Å²) in [5.74, 6) is -1.18. The molecule has 0 fully saturated rings. The molecule has 0 atom stereocenters. The molecule has 13 heteroatoms. The highest BCUT2D eigenvalue weighted by Crippen LogP contribution is 2.26. The third-order valence-electron chi connectivity index (χ3n) is 6.07. The van der Waals surface area contributed by atoms with Crippen LogP contribution in [0.1, 0.15) is 74.2 Å². The molecule has 42 heavy (non-hydrogen) atoms. The van der Waals surface area contributed by atoms with Gasteiger partial charge in [0.15, 0.2) is 6.61 Å². The maximum Gasteiger partial charge on any atom is 0.422 e. The van der Waals surface area contributed by atoms with Gasteiger partial charge < -0.3 is 30.3 Å². The molecule has 0 saturated carbocycles. The van der Waals surface area contributed by atoms with E-state index in [1.807, 2.05) is 0 Å². The second-order valence-electron chi connectivity index (χ2n) is 9.66. The van der Waals surface area contributed by atoms with Gasteiger partial charge in [-0.3, -0.25) is 0 Å². The van der Waals surface area contributed by atoms with Crippen molar-refractivity contribution in [3.8, 4) is 17.5 Å². The summed E-state index contributed by atoms with van der Waals surface area (Å²) < 4.78 is 48.1. The first-order valence-corrected chi connectivity index (χ1v) is 13.9. The minimum absolute atomic E-state index is 0.0267. The van der Waals surface area contributed by atoms with Crippen LogP contribution in [0.2, 0.25) is 0 Å². The summed E-state index contributed by atoms with van der Waals surface area (Å²) >= 11 is 0. The van der Waals surface area contributed by atoms with Gasteiger partial charge in [0.1, 0.15) is 17.1 Å². The lowest BCUT2D eigenvalue weighted by atomic mass is 10.1. The van der Waals surface area contributed by atoms with E-state index < -0.39 is 24.8 Å². The van der Waals surface area contributed by atoms with Gasteiger partial charge in [0.2, 0.25) is 11.9 Å². The van der Waals surface area contributed by atoms with Crippen molar-refractivity contribution in [1.82, 2.24) is 15.0 Å². The molecule has 0 bridgehead atoms. The van der Waals surface area contributed by atoms with Crippen LogP contribution < -0.4 is 15.4 Å². The van der Waals surface area contributed by atoms with Crippen LogP contribution >= 0.6 is 0 Å². The first-order valence-electron chi connectivity index (χ1n) is 13.9. The first kappa shape index (κ1) is 32.2. The predicted octanol–water partition coefficient (Wildman–Crippen LogP) is 6.88. The van der Waals surface area contributed by atoms with E-state index in [9.17, 15) is 28.2 Å². The Hall–Kier alpha value is -4.29. The fourth-order valence-corrected chi connectivity index (χ4v) is 3.89. The number of hydrogen-bond acceptors (Lipinski definition) is 10. The Labute approximate surface area is 242 Å². The number of hydrogen-bond donors (Lipinski definition) is 4. The van der Waals surface area contributed by atoms with Crippen LogP contribution in [0.15, 0.2) is 42.5 Å². The number of halogens is 3. The zero-order chi connectivity index (χ0) is 30.4. The van der Waals surface area contributed by atoms with Crippen LogP contribution in [-0.2, 0) is 11.3 Å². The van der Waals surface area contributed by atoms with Crippen LogP contribution in [0.25, 0.3) is 0 Å². The summed E-state index contributed by atoms with van der Waals surface area (Å²) in [5, 5.41) is 25.5. The number of alkyl halides is 3. The molecule has 2 aromatic carbocycles. The summed E-state index contributed by atoms with van der Waals surface area (Å²) in [5.41, 5.74) is 0.973. The van der Waals surface area contributed by atoms with Gasteiger partial charge >= 0.3 is 18.2 Å². The van der Waals surface area contributed by atoms with Crippen LogP contribution in [0.5, 0.6) is 17.5 Å². The maximum atomic E-state index is 12.7. The molecule has 10 nitrogen and oxygen atoms in total. The van der Waals surface area contributed by atoms with Gasteiger partial charge in [-0.15, -0.1) is 0 Å². The fraction of sp³-hybridized carbons (Fsp3) is 0.448. The number of nitrogens with zero attached hydrogens (tertiary/aromatic N) is 3. The lowest BCUT2D eigenvalue weighted by Gasteiger charge is -2.13. The molecule has 0 saturated heterocycles. The van der Waals surface area contributed by atoms with Gasteiger partial charge in [-0.05, 0) is 36.2 Å². The molecular weight excluding hydrogens is 555 g/mol. The van der Waals surface area contributed by atoms with E-state index >= 15 is 0 Å². The molecule has 0 radical (unpaired) electrons. The number of phenolic OH excluding ortho intramolecular Hbond substituents is 2. The molecule has 3 rings (SSSR count). The van der Waals surface area contributed by atoms with Gasteiger partial charge in [0, 0.05) is 18.3 Å². The second kappa shape index (κ2) is 16.2. The lowest BCUT2D eigenvalue weighted by molar-refractivity contribution is -0.154. The molecule has 228 valence electrons. The molecule has 0 unspecified atom stereocenters. The van der Waals surface area contributed by atoms with Crippen LogP contribution in [-0.4, -0.2) is 50.5 Å². The molecule has 3 aromatic rings. The fourth-order valence-electron chi connectivity index (χ4n) is 3.89. The molecule has 0 spiro atoms. The average molecular weight is 592 g/mol. The van der Waals surface area contributed by atoms with Crippen LogP contribution in [0, 0.1) is 0 Å². The zero-order valence-corrected chi connectivity index (χ0v) is 23.4. The number of benzene rings is 2. The van der Waals surface area contributed by atoms with Crippen molar-refractivity contribution in [3.05, 3.63) is 53.6 Å². The van der Waals surface area contributed by atoms with E-state index in [1.165, 1.54) is 56.0 Å². The quantitative estimate of drug-likeness (QED) is 0.0971. The minimum atomic E-state index is -4.61. The largest absolute Gasteiger partial charge is 0.508 e. The second-order valence-corrected chi connectivity index (χ2v) is 9.66. The van der Waals surface area contributed by atoms with Crippen molar-refractivity contribution in [2.24, 2.45) is 0 Å². The number of rotatable bonds is 17. The zero-order valence-electron chi connectivity index (χ0n) is 23.4. The first-order chi connectivity index (χ1) is 20.1. The Balaban J connectivity index is 1.60. The third kappa shape index (κ3) is 11.7. The van der Waals surface area contributed by atoms with Crippen molar-refractivity contribution < 1.29 is 37.7 Å². The van der Waals surface area contributed by atoms with Gasteiger partial charge in [0.05, 0.1) is 6.61 Å². The smallest absolute Gasteiger partial charge is 0.422 e. The molecule has 1 heterocycles. The highest BCUT2D eigenvalue weighted by Gasteiger charge is 2.29. The predicted molar refractivity (Wildman–Crippen MR) is 151 cm³/mol. The Bertz CT molecular complexity index is 1280. The van der Waals surface area contributed by atoms with Crippen molar-refractivity contribution in [1.29, 1.82) is 0 Å². The van der Waals surface area contributed by atoms with E-state index in [4.69, 9.17) is 9.47 Å². The number of esters is 1. The minimum Gasteiger partial charge on any atom is -0.508 e. The topological polar surface area (TPSA) is 139 Å². The number of carbonyl (C=O) groups is 1. The SMILES string of the molecule is CCCCCCCCCCOC(=O)c1ccc(Nc2nc(NCc3ccc(O)cc3)nc(OCC(F)(F)F)n2)cc1O. The summed E-state index contributed by atoms with van der Waals surface area (Å²) in [7, 11) is 0. The highest BCUT2D eigenvalue weighted by atomic mass is 19.4. The summed E-state index contributed by atoms with van der Waals surface area (Å²) in [6, 6.07) is 9.76. The van der Waals surface area contributed by atoms with E-state index in [2.05, 4.69) is 32.5 Å². The van der Waals surface area contributed by atoms with Crippen LogP contribution in [0.4, 0.5) is 30.8 Å². The number of unbranched alkanes of at least 4 members (excludes halogenated alkanes) is 7. The van der Waals surface area contributed by atoms with E-state index in [1.54, 1.807) is 12.1 Å². The summed E-state index contributed by atoms with van der Waals surface area (Å²) in [6.07, 6.45) is 4.26. The number of ether oxygens (including phenoxy) is 2. The van der Waals surface area contributed by atoms with Crippen molar-refractivity contribution in [2.75, 3.05) is 23.8 Å². The maximum absolute atomic E-state index is 12.7. The number of carbonyl (C=O) groups excluding carboxylic acids is 1. The normalized spacial score (nSPS) is 11.2. The molecule has 0 aliphatic heterocycles. The van der Waals surface area contributed by atoms with E-state index in [0.29, 0.717) is 0 Å². The number of phenols is 2. The Morgan fingerprint density at radius 2 is 1.55 bits per heavy atom. The van der Waals surface area contributed by atoms with E-state index in [0.717, 1.165) is 31.2 Å². The number of nitrogens with one attached hydrogen (secondary N) is 2. The molecular formula is C29H36F3N5O5. The molecule has 1 aromatic heterocycles. The number of aromatic nitrogens is 3. The summed E-state index contributed by atoms with van der Waals surface area (Å²) in [4.78, 5) is 24.3. The van der Waals surface area contributed by atoms with E-state index in [-0.39, 0.29) is 47.8 Å². The van der Waals surface area contributed by atoms with Gasteiger partial charge in [-0.1, -0.05) is 64.0 Å². The summed E-state index contributed by atoms with van der Waals surface area (Å²) in [6.45, 7) is 1.01. The molecule has 4 N–H and O–H groups in total. The monoisotopic (exact) mass is 591 g/mol. The van der Waals surface area contributed by atoms with Crippen LogP contribution in [0.3, 0.4) is 0 Å². The molecule has 0 amide bonds. The van der Waals surface area contributed by atoms with Crippen molar-refractivity contribution in [3.63, 3.8) is 0 Å². The third-order valence-corrected chi connectivity index (χ3v) is 6.07. The van der Waals surface area contributed by atoms with Gasteiger partial charge in [-0.25, -0.2) is 4.79 Å². The number of aromatic hydroxyl groups is 2.